The maximum absolute atomic E-state index is 12.6. The van der Waals surface area contributed by atoms with Crippen LogP contribution in [0.4, 0.5) is 0 Å². The molecule has 116 valence electrons. The molecule has 0 radical (unpaired) electrons. The minimum absolute atomic E-state index is 0.131. The number of likely N-dealkylation sites (N-methyl/N-ethyl adjacent to an activating group) is 1. The Bertz CT molecular complexity index is 356. The van der Waals surface area contributed by atoms with Crippen molar-refractivity contribution in [3.8, 4) is 0 Å². The fraction of sp³-hybridized carbons (Fsp3) is 0.867. The van der Waals surface area contributed by atoms with Gasteiger partial charge in [-0.25, -0.2) is 0 Å². The maximum atomic E-state index is 12.6. The second-order valence-electron chi connectivity index (χ2n) is 6.81. The molecule has 0 aliphatic carbocycles. The summed E-state index contributed by atoms with van der Waals surface area (Å²) in [5, 5.41) is 0. The molecule has 1 amide bonds. The number of hydrogen-bond acceptors (Lipinski definition) is 4. The van der Waals surface area contributed by atoms with Gasteiger partial charge in [-0.1, -0.05) is 13.8 Å². The van der Waals surface area contributed by atoms with E-state index in [0.29, 0.717) is 6.42 Å². The van der Waals surface area contributed by atoms with Crippen LogP contribution >= 0.6 is 0 Å². The molecule has 1 saturated heterocycles. The molecule has 0 aromatic rings. The fourth-order valence-electron chi connectivity index (χ4n) is 3.10. The summed E-state index contributed by atoms with van der Waals surface area (Å²) in [6, 6.07) is 0.426. The zero-order valence-corrected chi connectivity index (χ0v) is 13.6. The van der Waals surface area contributed by atoms with Crippen molar-refractivity contribution in [2.75, 3.05) is 27.2 Å². The van der Waals surface area contributed by atoms with E-state index in [1.54, 1.807) is 0 Å². The summed E-state index contributed by atoms with van der Waals surface area (Å²) < 4.78 is 4.70. The van der Waals surface area contributed by atoms with E-state index in [0.717, 1.165) is 13.1 Å². The van der Waals surface area contributed by atoms with Crippen molar-refractivity contribution in [1.29, 1.82) is 0 Å². The molecule has 1 aliphatic rings. The van der Waals surface area contributed by atoms with Crippen LogP contribution in [-0.4, -0.2) is 61.0 Å². The Hall–Kier alpha value is -1.10. The third-order valence-electron chi connectivity index (χ3n) is 3.87. The van der Waals surface area contributed by atoms with E-state index in [2.05, 4.69) is 25.8 Å². The normalized spacial score (nSPS) is 24.6. The van der Waals surface area contributed by atoms with E-state index in [1.165, 1.54) is 7.11 Å². The topological polar surface area (TPSA) is 49.9 Å². The fourth-order valence-corrected chi connectivity index (χ4v) is 3.10. The van der Waals surface area contributed by atoms with Crippen molar-refractivity contribution in [3.05, 3.63) is 0 Å². The summed E-state index contributed by atoms with van der Waals surface area (Å²) in [4.78, 5) is 28.2. The summed E-state index contributed by atoms with van der Waals surface area (Å²) in [7, 11) is 3.46. The molecule has 0 N–H and O–H groups in total. The minimum atomic E-state index is -0.368. The number of esters is 1. The van der Waals surface area contributed by atoms with Crippen LogP contribution in [0.5, 0.6) is 0 Å². The lowest BCUT2D eigenvalue weighted by Gasteiger charge is -2.44. The van der Waals surface area contributed by atoms with Gasteiger partial charge in [0.05, 0.1) is 13.5 Å². The number of piperazine rings is 1. The lowest BCUT2D eigenvalue weighted by atomic mass is 9.84. The van der Waals surface area contributed by atoms with Gasteiger partial charge in [-0.3, -0.25) is 9.59 Å². The van der Waals surface area contributed by atoms with Gasteiger partial charge in [0.15, 0.2) is 0 Å². The molecule has 0 aromatic carbocycles. The van der Waals surface area contributed by atoms with Crippen LogP contribution in [0.3, 0.4) is 0 Å². The summed E-state index contributed by atoms with van der Waals surface area (Å²) in [6.07, 6.45) is 0.645. The van der Waals surface area contributed by atoms with Gasteiger partial charge in [-0.05, 0) is 26.3 Å². The van der Waals surface area contributed by atoms with Crippen molar-refractivity contribution >= 4 is 11.9 Å². The molecule has 0 saturated carbocycles. The van der Waals surface area contributed by atoms with Gasteiger partial charge >= 0.3 is 5.97 Å². The SMILES string of the molecule is COC(=O)CC(C)(C)CC(=O)N1[C@H](C)CN(C)C[C@H]1C. The van der Waals surface area contributed by atoms with E-state index in [9.17, 15) is 9.59 Å². The number of carbonyl (C=O) groups is 2. The van der Waals surface area contributed by atoms with Crippen molar-refractivity contribution in [3.63, 3.8) is 0 Å². The van der Waals surface area contributed by atoms with Gasteiger partial charge in [0.1, 0.15) is 0 Å². The van der Waals surface area contributed by atoms with E-state index in [4.69, 9.17) is 4.74 Å². The van der Waals surface area contributed by atoms with Gasteiger partial charge in [-0.15, -0.1) is 0 Å². The smallest absolute Gasteiger partial charge is 0.306 e. The van der Waals surface area contributed by atoms with Gasteiger partial charge in [0.25, 0.3) is 0 Å². The third-order valence-corrected chi connectivity index (χ3v) is 3.87. The Kier molecular flexibility index (Phi) is 5.57. The highest BCUT2D eigenvalue weighted by atomic mass is 16.5. The highest BCUT2D eigenvalue weighted by molar-refractivity contribution is 5.79. The summed E-state index contributed by atoms with van der Waals surface area (Å²) in [5.74, 6) is -0.130. The Labute approximate surface area is 122 Å². The van der Waals surface area contributed by atoms with Crippen LogP contribution in [0.15, 0.2) is 0 Å². The molecule has 0 spiro atoms. The van der Waals surface area contributed by atoms with Crippen LogP contribution in [-0.2, 0) is 14.3 Å². The molecular weight excluding hydrogens is 256 g/mol. The quantitative estimate of drug-likeness (QED) is 0.734. The van der Waals surface area contributed by atoms with Crippen LogP contribution in [0.1, 0.15) is 40.5 Å². The molecule has 2 atom stereocenters. The lowest BCUT2D eigenvalue weighted by Crippen LogP contribution is -2.58. The second kappa shape index (κ2) is 6.57. The summed E-state index contributed by atoms with van der Waals surface area (Å²) >= 11 is 0. The highest BCUT2D eigenvalue weighted by Gasteiger charge is 2.35. The van der Waals surface area contributed by atoms with Crippen molar-refractivity contribution < 1.29 is 14.3 Å². The van der Waals surface area contributed by atoms with Crippen LogP contribution in [0.2, 0.25) is 0 Å². The Balaban J connectivity index is 2.67. The van der Waals surface area contributed by atoms with Gasteiger partial charge < -0.3 is 14.5 Å². The molecule has 1 rings (SSSR count). The van der Waals surface area contributed by atoms with E-state index in [1.807, 2.05) is 18.7 Å². The number of amides is 1. The zero-order valence-electron chi connectivity index (χ0n) is 13.6. The molecule has 1 fully saturated rings. The number of carbonyl (C=O) groups excluding carboxylic acids is 2. The van der Waals surface area contributed by atoms with Gasteiger partial charge in [0.2, 0.25) is 5.91 Å². The van der Waals surface area contributed by atoms with Crippen molar-refractivity contribution in [2.45, 2.75) is 52.6 Å². The van der Waals surface area contributed by atoms with Crippen LogP contribution in [0.25, 0.3) is 0 Å². The number of methoxy groups -OCH3 is 1. The molecular formula is C15H28N2O3. The largest absolute Gasteiger partial charge is 0.469 e. The van der Waals surface area contributed by atoms with Crippen molar-refractivity contribution in [1.82, 2.24) is 9.80 Å². The summed E-state index contributed by atoms with van der Waals surface area (Å²) in [5.41, 5.74) is -0.368. The third kappa shape index (κ3) is 4.47. The molecule has 20 heavy (non-hydrogen) atoms. The first-order valence-electron chi connectivity index (χ1n) is 7.23. The lowest BCUT2D eigenvalue weighted by molar-refractivity contribution is -0.145. The monoisotopic (exact) mass is 284 g/mol. The predicted octanol–water partition coefficient (Wildman–Crippen LogP) is 1.52. The first-order chi connectivity index (χ1) is 9.16. The first-order valence-corrected chi connectivity index (χ1v) is 7.23. The molecule has 1 heterocycles. The summed E-state index contributed by atoms with van der Waals surface area (Å²) in [6.45, 7) is 9.83. The van der Waals surface area contributed by atoms with E-state index >= 15 is 0 Å². The average molecular weight is 284 g/mol. The molecule has 5 nitrogen and oxygen atoms in total. The van der Waals surface area contributed by atoms with Crippen LogP contribution < -0.4 is 0 Å². The first kappa shape index (κ1) is 17.0. The molecule has 0 unspecified atom stereocenters. The standard InChI is InChI=1S/C15H28N2O3/c1-11-9-16(5)10-12(2)17(11)13(18)7-15(3,4)8-14(19)20-6/h11-12H,7-10H2,1-6H3/t11-,12-/m1/s1. The Morgan fingerprint density at radius 1 is 1.15 bits per heavy atom. The number of hydrogen-bond donors (Lipinski definition) is 0. The van der Waals surface area contributed by atoms with Gasteiger partial charge in [-0.2, -0.15) is 0 Å². The van der Waals surface area contributed by atoms with Crippen LogP contribution in [0, 0.1) is 5.41 Å². The Morgan fingerprint density at radius 2 is 1.65 bits per heavy atom. The van der Waals surface area contributed by atoms with E-state index in [-0.39, 0.29) is 35.8 Å². The number of rotatable bonds is 4. The number of ether oxygens (including phenoxy) is 1. The Morgan fingerprint density at radius 3 is 2.10 bits per heavy atom. The zero-order chi connectivity index (χ0) is 15.5. The average Bonchev–Trinajstić information content (AvgIpc) is 2.25. The minimum Gasteiger partial charge on any atom is -0.469 e. The number of nitrogens with zero attached hydrogens (tertiary/aromatic N) is 2. The molecule has 1 aliphatic heterocycles. The predicted molar refractivity (Wildman–Crippen MR) is 78.3 cm³/mol. The second-order valence-corrected chi connectivity index (χ2v) is 6.81. The van der Waals surface area contributed by atoms with E-state index < -0.39 is 0 Å². The molecule has 0 aromatic heterocycles. The maximum Gasteiger partial charge on any atom is 0.306 e. The highest BCUT2D eigenvalue weighted by Crippen LogP contribution is 2.28. The van der Waals surface area contributed by atoms with Crippen molar-refractivity contribution in [2.24, 2.45) is 5.41 Å². The van der Waals surface area contributed by atoms with Gasteiger partial charge in [0, 0.05) is 31.6 Å². The molecule has 0 bridgehead atoms. The molecule has 5 heteroatoms.